The molecular weight excluding hydrogens is 333 g/mol. The summed E-state index contributed by atoms with van der Waals surface area (Å²) in [6.07, 6.45) is 4.51. The number of nitrogens with two attached hydrogens (primary N) is 1. The second-order valence-electron chi connectivity index (χ2n) is 7.58. The SMILES string of the molecule is CC(C)NC(=O)C1(NC(=O)C[C@H](N)Cc2ccccc2F)CCCCC1. The first-order chi connectivity index (χ1) is 12.3. The molecule has 0 saturated heterocycles. The first-order valence-electron chi connectivity index (χ1n) is 9.43. The number of nitrogens with one attached hydrogen (secondary N) is 2. The zero-order valence-electron chi connectivity index (χ0n) is 15.7. The molecule has 5 nitrogen and oxygen atoms in total. The molecule has 1 aromatic carbocycles. The van der Waals surface area contributed by atoms with E-state index in [1.54, 1.807) is 18.2 Å². The van der Waals surface area contributed by atoms with Crippen molar-refractivity contribution >= 4 is 11.8 Å². The monoisotopic (exact) mass is 363 g/mol. The fourth-order valence-electron chi connectivity index (χ4n) is 3.54. The van der Waals surface area contributed by atoms with Gasteiger partial charge in [0.2, 0.25) is 11.8 Å². The number of rotatable bonds is 7. The van der Waals surface area contributed by atoms with E-state index < -0.39 is 11.6 Å². The summed E-state index contributed by atoms with van der Waals surface area (Å²) in [6, 6.07) is 5.94. The second kappa shape index (κ2) is 9.12. The molecule has 1 atom stereocenters. The number of carbonyl (C=O) groups is 2. The maximum Gasteiger partial charge on any atom is 0.245 e. The molecule has 6 heteroatoms. The van der Waals surface area contributed by atoms with E-state index in [2.05, 4.69) is 10.6 Å². The Bertz CT molecular complexity index is 627. The smallest absolute Gasteiger partial charge is 0.245 e. The standard InChI is InChI=1S/C20H30FN3O2/c1-14(2)23-19(26)20(10-6-3-7-11-20)24-18(25)13-16(22)12-15-8-4-5-9-17(15)21/h4-5,8-9,14,16H,3,6-7,10-13,22H2,1-2H3,(H,23,26)(H,24,25)/t16-/m1/s1. The predicted octanol–water partition coefficient (Wildman–Crippen LogP) is 2.43. The van der Waals surface area contributed by atoms with Gasteiger partial charge in [-0.2, -0.15) is 0 Å². The zero-order valence-corrected chi connectivity index (χ0v) is 15.7. The predicted molar refractivity (Wildman–Crippen MR) is 99.9 cm³/mol. The average Bonchev–Trinajstić information content (AvgIpc) is 2.57. The van der Waals surface area contributed by atoms with Gasteiger partial charge in [-0.1, -0.05) is 37.5 Å². The van der Waals surface area contributed by atoms with Crippen molar-refractivity contribution in [1.29, 1.82) is 0 Å². The second-order valence-corrected chi connectivity index (χ2v) is 7.58. The van der Waals surface area contributed by atoms with Crippen LogP contribution >= 0.6 is 0 Å². The van der Waals surface area contributed by atoms with Gasteiger partial charge in [-0.05, 0) is 44.7 Å². The third kappa shape index (κ3) is 5.53. The van der Waals surface area contributed by atoms with Crippen molar-refractivity contribution in [2.24, 2.45) is 5.73 Å². The Morgan fingerprint density at radius 3 is 2.46 bits per heavy atom. The minimum absolute atomic E-state index is 0.0153. The van der Waals surface area contributed by atoms with Gasteiger partial charge < -0.3 is 16.4 Å². The summed E-state index contributed by atoms with van der Waals surface area (Å²) in [7, 11) is 0. The van der Waals surface area contributed by atoms with E-state index in [1.165, 1.54) is 6.07 Å². The maximum absolute atomic E-state index is 13.7. The van der Waals surface area contributed by atoms with Crippen molar-refractivity contribution in [1.82, 2.24) is 10.6 Å². The number of halogens is 1. The molecule has 0 heterocycles. The largest absolute Gasteiger partial charge is 0.352 e. The van der Waals surface area contributed by atoms with Crippen molar-refractivity contribution in [3.63, 3.8) is 0 Å². The fourth-order valence-corrected chi connectivity index (χ4v) is 3.54. The highest BCUT2D eigenvalue weighted by Gasteiger charge is 2.41. The Morgan fingerprint density at radius 2 is 1.85 bits per heavy atom. The van der Waals surface area contributed by atoms with Crippen LogP contribution in [0.2, 0.25) is 0 Å². The highest BCUT2D eigenvalue weighted by Crippen LogP contribution is 2.29. The molecule has 2 rings (SSSR count). The number of amides is 2. The number of hydrogen-bond donors (Lipinski definition) is 3. The van der Waals surface area contributed by atoms with Crippen LogP contribution in [0.25, 0.3) is 0 Å². The van der Waals surface area contributed by atoms with E-state index in [0.717, 1.165) is 19.3 Å². The summed E-state index contributed by atoms with van der Waals surface area (Å²) < 4.78 is 13.7. The van der Waals surface area contributed by atoms with Gasteiger partial charge in [0.15, 0.2) is 0 Å². The highest BCUT2D eigenvalue weighted by atomic mass is 19.1. The van der Waals surface area contributed by atoms with Gasteiger partial charge in [0.25, 0.3) is 0 Å². The molecule has 1 aromatic rings. The molecule has 0 aromatic heterocycles. The van der Waals surface area contributed by atoms with Crippen molar-refractivity contribution in [3.8, 4) is 0 Å². The van der Waals surface area contributed by atoms with E-state index in [1.807, 2.05) is 13.8 Å². The minimum Gasteiger partial charge on any atom is -0.352 e. The molecular formula is C20H30FN3O2. The summed E-state index contributed by atoms with van der Waals surface area (Å²) in [5.74, 6) is -0.693. The van der Waals surface area contributed by atoms with Crippen LogP contribution in [0.3, 0.4) is 0 Å². The van der Waals surface area contributed by atoms with Crippen LogP contribution < -0.4 is 16.4 Å². The lowest BCUT2D eigenvalue weighted by atomic mass is 9.80. The summed E-state index contributed by atoms with van der Waals surface area (Å²) >= 11 is 0. The molecule has 2 amide bonds. The lowest BCUT2D eigenvalue weighted by molar-refractivity contribution is -0.135. The maximum atomic E-state index is 13.7. The van der Waals surface area contributed by atoms with Gasteiger partial charge in [0.1, 0.15) is 11.4 Å². The van der Waals surface area contributed by atoms with Gasteiger partial charge in [0.05, 0.1) is 0 Å². The van der Waals surface area contributed by atoms with Crippen LogP contribution in [-0.2, 0) is 16.0 Å². The van der Waals surface area contributed by atoms with E-state index in [-0.39, 0.29) is 36.5 Å². The Kier molecular flexibility index (Phi) is 7.14. The molecule has 4 N–H and O–H groups in total. The molecule has 0 unspecified atom stereocenters. The highest BCUT2D eigenvalue weighted by molar-refractivity contribution is 5.91. The van der Waals surface area contributed by atoms with E-state index >= 15 is 0 Å². The lowest BCUT2D eigenvalue weighted by Crippen LogP contribution is -2.61. The third-order valence-electron chi connectivity index (χ3n) is 4.83. The van der Waals surface area contributed by atoms with E-state index in [4.69, 9.17) is 5.73 Å². The Hall–Kier alpha value is -1.95. The number of benzene rings is 1. The van der Waals surface area contributed by atoms with Crippen LogP contribution in [0.1, 0.15) is 57.9 Å². The summed E-state index contributed by atoms with van der Waals surface area (Å²) in [6.45, 7) is 3.81. The zero-order chi connectivity index (χ0) is 19.2. The molecule has 1 saturated carbocycles. The summed E-state index contributed by atoms with van der Waals surface area (Å²) in [5, 5.41) is 5.87. The van der Waals surface area contributed by atoms with Crippen LogP contribution in [0, 0.1) is 5.82 Å². The molecule has 144 valence electrons. The molecule has 0 bridgehead atoms. The van der Waals surface area contributed by atoms with Crippen molar-refractivity contribution in [3.05, 3.63) is 35.6 Å². The molecule has 1 aliphatic carbocycles. The van der Waals surface area contributed by atoms with Crippen LogP contribution in [0.4, 0.5) is 4.39 Å². The number of hydrogen-bond acceptors (Lipinski definition) is 3. The molecule has 26 heavy (non-hydrogen) atoms. The van der Waals surface area contributed by atoms with Crippen LogP contribution in [-0.4, -0.2) is 29.4 Å². The fraction of sp³-hybridized carbons (Fsp3) is 0.600. The molecule has 0 spiro atoms. The van der Waals surface area contributed by atoms with Gasteiger partial charge in [-0.25, -0.2) is 4.39 Å². The van der Waals surface area contributed by atoms with Gasteiger partial charge in [0, 0.05) is 18.5 Å². The third-order valence-corrected chi connectivity index (χ3v) is 4.83. The van der Waals surface area contributed by atoms with E-state index in [9.17, 15) is 14.0 Å². The van der Waals surface area contributed by atoms with Gasteiger partial charge in [-0.15, -0.1) is 0 Å². The van der Waals surface area contributed by atoms with Crippen molar-refractivity contribution in [2.45, 2.75) is 76.4 Å². The summed E-state index contributed by atoms with van der Waals surface area (Å²) in [4.78, 5) is 25.2. The molecule has 1 fully saturated rings. The van der Waals surface area contributed by atoms with Crippen molar-refractivity contribution in [2.75, 3.05) is 0 Å². The lowest BCUT2D eigenvalue weighted by Gasteiger charge is -2.37. The van der Waals surface area contributed by atoms with Gasteiger partial charge >= 0.3 is 0 Å². The first kappa shape index (κ1) is 20.4. The molecule has 0 radical (unpaired) electrons. The van der Waals surface area contributed by atoms with Gasteiger partial charge in [-0.3, -0.25) is 9.59 Å². The normalized spacial score (nSPS) is 17.6. The minimum atomic E-state index is -0.850. The van der Waals surface area contributed by atoms with Crippen LogP contribution in [0.15, 0.2) is 24.3 Å². The van der Waals surface area contributed by atoms with E-state index in [0.29, 0.717) is 18.4 Å². The topological polar surface area (TPSA) is 84.2 Å². The average molecular weight is 363 g/mol. The Labute approximate surface area is 154 Å². The Morgan fingerprint density at radius 1 is 1.19 bits per heavy atom. The molecule has 0 aliphatic heterocycles. The van der Waals surface area contributed by atoms with Crippen LogP contribution in [0.5, 0.6) is 0 Å². The number of carbonyl (C=O) groups excluding carboxylic acids is 2. The quantitative estimate of drug-likeness (QED) is 0.696. The Balaban J connectivity index is 1.98. The first-order valence-corrected chi connectivity index (χ1v) is 9.43. The molecule has 1 aliphatic rings. The van der Waals surface area contributed by atoms with Crippen molar-refractivity contribution < 1.29 is 14.0 Å². The summed E-state index contributed by atoms with van der Waals surface area (Å²) in [5.41, 5.74) is 5.70.